The standard InChI is InChI=1S/C23H26N4O5/c1-28-18-10-15-16(11-19(18)29-2)26-22(27-21(15)24)25-12-23(5-7-30-8-6-23)14-3-4-17-20(9-14)32-13-31-17/h3-4,9-11H,5-8,12-13H2,1-2H3,(H3,24,25,26,27). The van der Waals surface area contributed by atoms with Gasteiger partial charge < -0.3 is 34.7 Å². The van der Waals surface area contributed by atoms with Crippen molar-refractivity contribution < 1.29 is 23.7 Å². The van der Waals surface area contributed by atoms with Crippen LogP contribution in [0.15, 0.2) is 30.3 Å². The Balaban J connectivity index is 1.45. The number of anilines is 2. The molecule has 2 aliphatic heterocycles. The number of ether oxygens (including phenoxy) is 5. The van der Waals surface area contributed by atoms with Gasteiger partial charge in [-0.05, 0) is 36.6 Å². The van der Waals surface area contributed by atoms with Gasteiger partial charge in [0.2, 0.25) is 12.7 Å². The van der Waals surface area contributed by atoms with Crippen LogP contribution >= 0.6 is 0 Å². The van der Waals surface area contributed by atoms with Crippen molar-refractivity contribution in [3.05, 3.63) is 35.9 Å². The number of fused-ring (bicyclic) bond motifs is 2. The molecule has 3 N–H and O–H groups in total. The van der Waals surface area contributed by atoms with Gasteiger partial charge >= 0.3 is 0 Å². The van der Waals surface area contributed by atoms with Crippen molar-refractivity contribution >= 4 is 22.7 Å². The van der Waals surface area contributed by atoms with Crippen LogP contribution in [0.25, 0.3) is 10.9 Å². The van der Waals surface area contributed by atoms with E-state index in [2.05, 4.69) is 27.4 Å². The molecule has 0 bridgehead atoms. The zero-order chi connectivity index (χ0) is 22.1. The molecular weight excluding hydrogens is 412 g/mol. The van der Waals surface area contributed by atoms with E-state index in [1.807, 2.05) is 6.07 Å². The zero-order valence-corrected chi connectivity index (χ0v) is 18.1. The molecule has 0 radical (unpaired) electrons. The zero-order valence-electron chi connectivity index (χ0n) is 18.1. The summed E-state index contributed by atoms with van der Waals surface area (Å²) in [5.41, 5.74) is 7.96. The number of nitrogens with one attached hydrogen (secondary N) is 1. The topological polar surface area (TPSA) is 110 Å². The Kier molecular flexibility index (Phi) is 5.26. The van der Waals surface area contributed by atoms with Crippen LogP contribution < -0.4 is 30.0 Å². The Morgan fingerprint density at radius 2 is 1.75 bits per heavy atom. The minimum atomic E-state index is -0.149. The van der Waals surface area contributed by atoms with Crippen LogP contribution in [0.3, 0.4) is 0 Å². The molecule has 0 saturated carbocycles. The summed E-state index contributed by atoms with van der Waals surface area (Å²) in [6, 6.07) is 9.74. The number of benzene rings is 2. The molecule has 5 rings (SSSR count). The van der Waals surface area contributed by atoms with Gasteiger partial charge in [-0.3, -0.25) is 0 Å². The van der Waals surface area contributed by atoms with E-state index < -0.39 is 0 Å². The molecule has 0 unspecified atom stereocenters. The van der Waals surface area contributed by atoms with E-state index in [0.717, 1.165) is 24.3 Å². The lowest BCUT2D eigenvalue weighted by Gasteiger charge is -2.38. The van der Waals surface area contributed by atoms with E-state index in [4.69, 9.17) is 29.4 Å². The monoisotopic (exact) mass is 438 g/mol. The number of hydrogen-bond acceptors (Lipinski definition) is 9. The summed E-state index contributed by atoms with van der Waals surface area (Å²) in [4.78, 5) is 9.16. The predicted molar refractivity (Wildman–Crippen MR) is 120 cm³/mol. The van der Waals surface area contributed by atoms with Crippen molar-refractivity contribution in [3.8, 4) is 23.0 Å². The molecule has 9 nitrogen and oxygen atoms in total. The number of rotatable bonds is 6. The second-order valence-electron chi connectivity index (χ2n) is 7.97. The third-order valence-electron chi connectivity index (χ3n) is 6.25. The molecule has 3 aromatic rings. The molecule has 1 aromatic heterocycles. The van der Waals surface area contributed by atoms with Crippen LogP contribution in [0.5, 0.6) is 23.0 Å². The highest BCUT2D eigenvalue weighted by Gasteiger charge is 2.36. The number of nitrogens with zero attached hydrogens (tertiary/aromatic N) is 2. The fraction of sp³-hybridized carbons (Fsp3) is 0.391. The van der Waals surface area contributed by atoms with Crippen molar-refractivity contribution in [1.29, 1.82) is 0 Å². The number of hydrogen-bond donors (Lipinski definition) is 2. The van der Waals surface area contributed by atoms with Crippen molar-refractivity contribution in [3.63, 3.8) is 0 Å². The molecule has 2 aromatic carbocycles. The number of nitrogen functional groups attached to an aromatic ring is 1. The molecule has 2 aliphatic rings. The van der Waals surface area contributed by atoms with Crippen molar-refractivity contribution in [2.24, 2.45) is 0 Å². The first-order valence-electron chi connectivity index (χ1n) is 10.5. The van der Waals surface area contributed by atoms with Gasteiger partial charge in [0, 0.05) is 36.6 Å². The summed E-state index contributed by atoms with van der Waals surface area (Å²) >= 11 is 0. The quantitative estimate of drug-likeness (QED) is 0.600. The van der Waals surface area contributed by atoms with E-state index in [-0.39, 0.29) is 12.2 Å². The summed E-state index contributed by atoms with van der Waals surface area (Å²) in [6.45, 7) is 2.27. The van der Waals surface area contributed by atoms with E-state index in [9.17, 15) is 0 Å². The largest absolute Gasteiger partial charge is 0.493 e. The highest BCUT2D eigenvalue weighted by Crippen LogP contribution is 2.41. The molecule has 0 aliphatic carbocycles. The average Bonchev–Trinajstić information content (AvgIpc) is 3.30. The van der Waals surface area contributed by atoms with Gasteiger partial charge in [-0.2, -0.15) is 4.98 Å². The Morgan fingerprint density at radius 3 is 2.53 bits per heavy atom. The lowest BCUT2D eigenvalue weighted by atomic mass is 9.74. The smallest absolute Gasteiger partial charge is 0.231 e. The fourth-order valence-electron chi connectivity index (χ4n) is 4.36. The molecule has 3 heterocycles. The third-order valence-corrected chi connectivity index (χ3v) is 6.25. The number of aromatic nitrogens is 2. The van der Waals surface area contributed by atoms with E-state index in [1.165, 1.54) is 5.56 Å². The summed E-state index contributed by atoms with van der Waals surface area (Å²) < 4.78 is 27.5. The molecule has 0 amide bonds. The molecule has 32 heavy (non-hydrogen) atoms. The first-order valence-corrected chi connectivity index (χ1v) is 10.5. The Labute approximate surface area is 185 Å². The predicted octanol–water partition coefficient (Wildman–Crippen LogP) is 3.12. The third kappa shape index (κ3) is 3.58. The second kappa shape index (κ2) is 8.23. The highest BCUT2D eigenvalue weighted by molar-refractivity contribution is 5.91. The average molecular weight is 438 g/mol. The summed E-state index contributed by atoms with van der Waals surface area (Å²) in [5.74, 6) is 3.57. The first-order chi connectivity index (χ1) is 15.6. The highest BCUT2D eigenvalue weighted by atomic mass is 16.7. The van der Waals surface area contributed by atoms with Gasteiger partial charge in [0.25, 0.3) is 0 Å². The fourth-order valence-corrected chi connectivity index (χ4v) is 4.36. The Morgan fingerprint density at radius 1 is 1.00 bits per heavy atom. The van der Waals surface area contributed by atoms with E-state index >= 15 is 0 Å². The van der Waals surface area contributed by atoms with E-state index in [1.54, 1.807) is 26.4 Å². The summed E-state index contributed by atoms with van der Waals surface area (Å²) in [7, 11) is 3.17. The second-order valence-corrected chi connectivity index (χ2v) is 7.97. The van der Waals surface area contributed by atoms with Crippen molar-refractivity contribution in [2.75, 3.05) is 51.8 Å². The molecule has 0 atom stereocenters. The van der Waals surface area contributed by atoms with Gasteiger partial charge in [-0.15, -0.1) is 0 Å². The van der Waals surface area contributed by atoms with Crippen LogP contribution in [0.4, 0.5) is 11.8 Å². The number of methoxy groups -OCH3 is 2. The normalized spacial score (nSPS) is 16.7. The lowest BCUT2D eigenvalue weighted by Crippen LogP contribution is -2.40. The van der Waals surface area contributed by atoms with Gasteiger partial charge in [0.05, 0.1) is 19.7 Å². The molecular formula is C23H26N4O5. The molecule has 1 fully saturated rings. The molecule has 168 valence electrons. The minimum Gasteiger partial charge on any atom is -0.493 e. The SMILES string of the molecule is COc1cc2nc(NCC3(c4ccc5c(c4)OCO5)CCOCC3)nc(N)c2cc1OC. The maximum atomic E-state index is 6.25. The summed E-state index contributed by atoms with van der Waals surface area (Å²) in [6.07, 6.45) is 1.74. The van der Waals surface area contributed by atoms with Crippen LogP contribution in [-0.4, -0.2) is 50.7 Å². The van der Waals surface area contributed by atoms with Gasteiger partial charge in [-0.25, -0.2) is 4.98 Å². The van der Waals surface area contributed by atoms with Crippen LogP contribution in [0, 0.1) is 0 Å². The maximum Gasteiger partial charge on any atom is 0.231 e. The van der Waals surface area contributed by atoms with Crippen molar-refractivity contribution in [1.82, 2.24) is 9.97 Å². The lowest BCUT2D eigenvalue weighted by molar-refractivity contribution is 0.0542. The van der Waals surface area contributed by atoms with Gasteiger partial charge in [0.1, 0.15) is 5.82 Å². The Hall–Kier alpha value is -3.46. The van der Waals surface area contributed by atoms with E-state index in [0.29, 0.717) is 53.9 Å². The number of nitrogens with two attached hydrogens (primary N) is 1. The molecule has 1 saturated heterocycles. The minimum absolute atomic E-state index is 0.149. The van der Waals surface area contributed by atoms with Gasteiger partial charge in [0.15, 0.2) is 23.0 Å². The van der Waals surface area contributed by atoms with Gasteiger partial charge in [-0.1, -0.05) is 6.07 Å². The van der Waals surface area contributed by atoms with Crippen LogP contribution in [0.1, 0.15) is 18.4 Å². The van der Waals surface area contributed by atoms with Crippen molar-refractivity contribution in [2.45, 2.75) is 18.3 Å². The molecule has 9 heteroatoms. The Bertz CT molecular complexity index is 1150. The first kappa shape index (κ1) is 20.4. The molecule has 0 spiro atoms. The maximum absolute atomic E-state index is 6.25. The van der Waals surface area contributed by atoms with Crippen LogP contribution in [0.2, 0.25) is 0 Å². The van der Waals surface area contributed by atoms with Crippen LogP contribution in [-0.2, 0) is 10.2 Å². The summed E-state index contributed by atoms with van der Waals surface area (Å²) in [5, 5.41) is 4.13.